The Balaban J connectivity index is 1.30. The molecule has 6 unspecified atom stereocenters. The predicted molar refractivity (Wildman–Crippen MR) is 200 cm³/mol. The van der Waals surface area contributed by atoms with E-state index >= 15 is 4.79 Å². The van der Waals surface area contributed by atoms with E-state index in [2.05, 4.69) is 26.3 Å². The van der Waals surface area contributed by atoms with Crippen molar-refractivity contribution in [2.75, 3.05) is 10.3 Å². The molecule has 0 radical (unpaired) electrons. The summed E-state index contributed by atoms with van der Waals surface area (Å²) < 4.78 is 40.9. The van der Waals surface area contributed by atoms with E-state index in [9.17, 15) is 47.7 Å². The van der Waals surface area contributed by atoms with E-state index in [0.717, 1.165) is 17.0 Å². The van der Waals surface area contributed by atoms with Crippen molar-refractivity contribution in [2.45, 2.75) is 30.4 Å². The lowest BCUT2D eigenvalue weighted by Gasteiger charge is -2.50. The summed E-state index contributed by atoms with van der Waals surface area (Å²) in [4.78, 5) is 74.8. The molecule has 18 heteroatoms. The molecule has 4 aromatic rings. The number of benzene rings is 3. The van der Waals surface area contributed by atoms with E-state index in [1.807, 2.05) is 0 Å². The Hall–Kier alpha value is -5.45. The fraction of sp³-hybridized carbons (Fsp3) is 0.231. The lowest BCUT2D eigenvalue weighted by Crippen LogP contribution is -2.53. The highest BCUT2D eigenvalue weighted by atomic mass is 79.9. The van der Waals surface area contributed by atoms with Crippen molar-refractivity contribution < 1.29 is 52.5 Å². The molecule has 1 saturated carbocycles. The molecule has 4 aliphatic rings. The number of fused-ring (bicyclic) bond motifs is 4. The number of carboxylic acids is 1. The predicted octanol–water partition coefficient (Wildman–Crippen LogP) is 7.47. The van der Waals surface area contributed by atoms with Crippen LogP contribution >= 0.6 is 39.1 Å². The molecule has 3 fully saturated rings. The molecule has 0 spiro atoms. The number of carbonyl (C=O) groups excluding carboxylic acids is 4. The number of phenolic OH excluding ortho intramolecular Hbond substituents is 1. The summed E-state index contributed by atoms with van der Waals surface area (Å²) in [7, 11) is 0. The van der Waals surface area contributed by atoms with Gasteiger partial charge in [0.25, 0.3) is 11.8 Å². The number of allylic oxidation sites excluding steroid dienone is 2. The number of halogens is 6. The number of amides is 4. The zero-order valence-electron chi connectivity index (χ0n) is 28.8. The average Bonchev–Trinajstić information content (AvgIpc) is 3.53. The summed E-state index contributed by atoms with van der Waals surface area (Å²) in [5, 5.41) is 31.8. The largest absolute Gasteiger partial charge is 0.508 e. The first-order chi connectivity index (χ1) is 26.9. The third kappa shape index (κ3) is 5.86. The van der Waals surface area contributed by atoms with Gasteiger partial charge >= 0.3 is 12.1 Å². The van der Waals surface area contributed by atoms with Crippen molar-refractivity contribution in [1.29, 1.82) is 0 Å². The number of imide groups is 2. The minimum absolute atomic E-state index is 0.00141. The summed E-state index contributed by atoms with van der Waals surface area (Å²) in [5.41, 5.74) is -0.0700. The first kappa shape index (κ1) is 38.4. The molecule has 0 bridgehead atoms. The van der Waals surface area contributed by atoms with Crippen LogP contribution in [-0.4, -0.2) is 54.9 Å². The Morgan fingerprint density at radius 3 is 2.28 bits per heavy atom. The van der Waals surface area contributed by atoms with Crippen LogP contribution in [0.2, 0.25) is 10.0 Å². The molecule has 8 rings (SSSR count). The fourth-order valence-corrected chi connectivity index (χ4v) is 9.69. The van der Waals surface area contributed by atoms with Gasteiger partial charge in [0.15, 0.2) is 5.82 Å². The summed E-state index contributed by atoms with van der Waals surface area (Å²) in [6.45, 7) is 0. The van der Waals surface area contributed by atoms with E-state index in [0.29, 0.717) is 37.9 Å². The number of anilines is 2. The van der Waals surface area contributed by atoms with Gasteiger partial charge in [0.05, 0.1) is 39.4 Å². The van der Waals surface area contributed by atoms with E-state index in [1.54, 1.807) is 30.3 Å². The Morgan fingerprint density at radius 1 is 0.912 bits per heavy atom. The zero-order chi connectivity index (χ0) is 40.9. The molecule has 2 saturated heterocycles. The number of alkyl halides is 3. The van der Waals surface area contributed by atoms with Gasteiger partial charge in [0, 0.05) is 33.2 Å². The maximum absolute atomic E-state index is 15.3. The van der Waals surface area contributed by atoms with Gasteiger partial charge in [-0.3, -0.25) is 24.6 Å². The standard InChI is InChI=1S/C39H26BrCl2F3N4O8/c40-18-3-10-28(50)25(12-18)31-21-8-9-23-30(35(54)48(33(23)52)20-6-7-22(36(55)56)29(51)13-20)24(21)14-26-34(53)49(37(57)38(26,31)16-1-4-19(41)5-2-16)47-32-27(42)11-17(15-46-32)39(43,44)45/h1-8,10-13,15,23-24,26,30-31,50-51H,9,14H2,(H,46,47)(H,55,56). The summed E-state index contributed by atoms with van der Waals surface area (Å²) in [6, 6.07) is 14.6. The van der Waals surface area contributed by atoms with Crippen LogP contribution in [0.5, 0.6) is 11.5 Å². The number of hydrogen-bond acceptors (Lipinski definition) is 9. The molecule has 1 aromatic heterocycles. The van der Waals surface area contributed by atoms with Crippen molar-refractivity contribution >= 4 is 80.2 Å². The zero-order valence-corrected chi connectivity index (χ0v) is 31.9. The molecule has 2 aliphatic carbocycles. The molecule has 2 aliphatic heterocycles. The quantitative estimate of drug-likeness (QED) is 0.112. The smallest absolute Gasteiger partial charge is 0.417 e. The van der Waals surface area contributed by atoms with Crippen LogP contribution in [0.3, 0.4) is 0 Å². The second-order valence-electron chi connectivity index (χ2n) is 14.1. The van der Waals surface area contributed by atoms with Gasteiger partial charge in [0.1, 0.15) is 17.1 Å². The Bertz CT molecular complexity index is 2480. The Kier molecular flexibility index (Phi) is 9.16. The molecule has 3 aromatic carbocycles. The number of pyridine rings is 1. The van der Waals surface area contributed by atoms with Crippen LogP contribution in [-0.2, 0) is 30.8 Å². The first-order valence-electron chi connectivity index (χ1n) is 17.2. The second kappa shape index (κ2) is 13.6. The minimum atomic E-state index is -4.79. The normalized spacial score (nSPS) is 25.6. The number of carboxylic acid groups (broad SMARTS) is 1. The van der Waals surface area contributed by atoms with Crippen LogP contribution in [0.4, 0.5) is 24.7 Å². The number of hydrogen-bond donors (Lipinski definition) is 4. The van der Waals surface area contributed by atoms with E-state index in [-0.39, 0.29) is 29.8 Å². The molecular weight excluding hydrogens is 860 g/mol. The molecule has 57 heavy (non-hydrogen) atoms. The molecule has 6 atom stereocenters. The SMILES string of the molecule is O=C(O)c1ccc(N2C(=O)C3CC=C4C(CC5C(=O)N(Nc6ncc(C(F)(F)F)cc6Cl)C(=O)C5(c5ccc(Cl)cc5)C4c4cc(Br)ccc4O)C3C2=O)cc1O. The van der Waals surface area contributed by atoms with E-state index in [1.165, 1.54) is 24.3 Å². The number of aromatic carboxylic acids is 1. The number of aromatic hydroxyl groups is 2. The maximum Gasteiger partial charge on any atom is 0.417 e. The number of rotatable bonds is 6. The summed E-state index contributed by atoms with van der Waals surface area (Å²) in [6.07, 6.45) is -2.76. The average molecular weight is 886 g/mol. The monoisotopic (exact) mass is 884 g/mol. The number of hydrazine groups is 1. The molecule has 3 heterocycles. The van der Waals surface area contributed by atoms with Gasteiger partial charge in [-0.1, -0.05) is 62.9 Å². The minimum Gasteiger partial charge on any atom is -0.508 e. The highest BCUT2D eigenvalue weighted by molar-refractivity contribution is 9.10. The fourth-order valence-electron chi connectivity index (χ4n) is 8.98. The van der Waals surface area contributed by atoms with Crippen LogP contribution in [0.15, 0.2) is 89.0 Å². The third-order valence-electron chi connectivity index (χ3n) is 11.3. The Morgan fingerprint density at radius 2 is 1.63 bits per heavy atom. The summed E-state index contributed by atoms with van der Waals surface area (Å²) in [5.74, 6) is -11.3. The number of phenols is 2. The lowest BCUT2D eigenvalue weighted by molar-refractivity contribution is -0.139. The number of nitrogens with zero attached hydrogens (tertiary/aromatic N) is 3. The molecule has 292 valence electrons. The van der Waals surface area contributed by atoms with Gasteiger partial charge in [0.2, 0.25) is 11.8 Å². The first-order valence-corrected chi connectivity index (χ1v) is 18.8. The van der Waals surface area contributed by atoms with Crippen molar-refractivity contribution in [2.24, 2.45) is 23.7 Å². The molecule has 4 amide bonds. The van der Waals surface area contributed by atoms with Gasteiger partial charge in [-0.15, -0.1) is 0 Å². The second-order valence-corrected chi connectivity index (χ2v) is 15.9. The van der Waals surface area contributed by atoms with Gasteiger partial charge in [-0.05, 0) is 72.9 Å². The number of aromatic nitrogens is 1. The Labute approximate surface area is 338 Å². The van der Waals surface area contributed by atoms with E-state index in [4.69, 9.17) is 23.2 Å². The van der Waals surface area contributed by atoms with Gasteiger partial charge in [-0.2, -0.15) is 18.2 Å². The summed E-state index contributed by atoms with van der Waals surface area (Å²) >= 11 is 16.0. The van der Waals surface area contributed by atoms with Crippen molar-refractivity contribution in [3.05, 3.63) is 121 Å². The maximum atomic E-state index is 15.3. The van der Waals surface area contributed by atoms with Crippen LogP contribution in [0, 0.1) is 23.7 Å². The van der Waals surface area contributed by atoms with Crippen LogP contribution in [0.1, 0.15) is 45.8 Å². The third-order valence-corrected chi connectivity index (χ3v) is 12.4. The molecule has 12 nitrogen and oxygen atoms in total. The molecule has 4 N–H and O–H groups in total. The van der Waals surface area contributed by atoms with Crippen molar-refractivity contribution in [3.8, 4) is 11.5 Å². The topological polar surface area (TPSA) is 177 Å². The van der Waals surface area contributed by atoms with Crippen molar-refractivity contribution in [3.63, 3.8) is 0 Å². The lowest BCUT2D eigenvalue weighted by atomic mass is 9.49. The highest BCUT2D eigenvalue weighted by Crippen LogP contribution is 2.65. The van der Waals surface area contributed by atoms with E-state index < -0.39 is 98.5 Å². The highest BCUT2D eigenvalue weighted by Gasteiger charge is 2.70. The number of carbonyl (C=O) groups is 5. The van der Waals surface area contributed by atoms with Crippen LogP contribution in [0.25, 0.3) is 0 Å². The van der Waals surface area contributed by atoms with Crippen molar-refractivity contribution in [1.82, 2.24) is 9.99 Å². The van der Waals surface area contributed by atoms with Crippen LogP contribution < -0.4 is 10.3 Å². The van der Waals surface area contributed by atoms with Gasteiger partial charge < -0.3 is 15.3 Å². The van der Waals surface area contributed by atoms with Gasteiger partial charge in [-0.25, -0.2) is 14.7 Å². The molecular formula is C39H26BrCl2F3N4O8. The number of nitrogens with one attached hydrogen (secondary N) is 1.